The molecule has 0 bridgehead atoms. The zero-order chi connectivity index (χ0) is 16.0. The maximum absolute atomic E-state index is 12.7. The third-order valence-electron chi connectivity index (χ3n) is 4.46. The first-order valence-electron chi connectivity index (χ1n) is 7.56. The predicted molar refractivity (Wildman–Crippen MR) is 89.9 cm³/mol. The van der Waals surface area contributed by atoms with Crippen molar-refractivity contribution in [1.82, 2.24) is 24.6 Å². The Hall–Kier alpha value is -2.15. The highest BCUT2D eigenvalue weighted by atomic mass is 79.9. The fourth-order valence-corrected chi connectivity index (χ4v) is 3.65. The number of H-pyrrole nitrogens is 1. The normalized spacial score (nSPS) is 15.7. The molecule has 2 aromatic heterocycles. The molecule has 0 saturated heterocycles. The molecule has 1 unspecified atom stereocenters. The van der Waals surface area contributed by atoms with Crippen molar-refractivity contribution in [1.29, 1.82) is 0 Å². The third-order valence-corrected chi connectivity index (χ3v) is 5.12. The van der Waals surface area contributed by atoms with Gasteiger partial charge in [-0.1, -0.05) is 12.1 Å². The number of para-hydroxylation sites is 1. The van der Waals surface area contributed by atoms with Gasteiger partial charge in [0, 0.05) is 40.6 Å². The Morgan fingerprint density at radius 3 is 3.09 bits per heavy atom. The summed E-state index contributed by atoms with van der Waals surface area (Å²) >= 11 is 3.59. The SMILES string of the molecule is CC(C(=O)N1CCc2[nH]c3c(Br)cccc3c2C1)n1cncn1. The number of carbonyl (C=O) groups is 1. The lowest BCUT2D eigenvalue weighted by atomic mass is 10.0. The molecule has 3 heterocycles. The van der Waals surface area contributed by atoms with Crippen LogP contribution in [0.15, 0.2) is 35.3 Å². The smallest absolute Gasteiger partial charge is 0.247 e. The van der Waals surface area contributed by atoms with Crippen LogP contribution in [0.2, 0.25) is 0 Å². The van der Waals surface area contributed by atoms with Gasteiger partial charge in [-0.3, -0.25) is 4.79 Å². The fourth-order valence-electron chi connectivity index (χ4n) is 3.19. The van der Waals surface area contributed by atoms with E-state index in [4.69, 9.17) is 0 Å². The average Bonchev–Trinajstić information content (AvgIpc) is 3.21. The van der Waals surface area contributed by atoms with E-state index in [0.29, 0.717) is 6.54 Å². The summed E-state index contributed by atoms with van der Waals surface area (Å²) in [6, 6.07) is 5.82. The van der Waals surface area contributed by atoms with Crippen molar-refractivity contribution in [3.8, 4) is 0 Å². The van der Waals surface area contributed by atoms with Crippen molar-refractivity contribution in [2.24, 2.45) is 0 Å². The molecule has 1 aromatic carbocycles. The molecule has 4 rings (SSSR count). The molecular weight excluding hydrogens is 358 g/mol. The van der Waals surface area contributed by atoms with Crippen LogP contribution in [-0.2, 0) is 17.8 Å². The van der Waals surface area contributed by atoms with Crippen molar-refractivity contribution < 1.29 is 4.79 Å². The van der Waals surface area contributed by atoms with E-state index >= 15 is 0 Å². The highest BCUT2D eigenvalue weighted by Gasteiger charge is 2.28. The standard InChI is InChI=1S/C16H16BrN5O/c1-10(22-9-18-8-19-22)16(23)21-6-5-14-12(7-21)11-3-2-4-13(17)15(11)20-14/h2-4,8-10,20H,5-7H2,1H3. The van der Waals surface area contributed by atoms with Crippen LogP contribution in [0.4, 0.5) is 0 Å². The number of nitrogens with zero attached hydrogens (tertiary/aromatic N) is 4. The van der Waals surface area contributed by atoms with Gasteiger partial charge in [0.1, 0.15) is 18.7 Å². The number of hydrogen-bond donors (Lipinski definition) is 1. The van der Waals surface area contributed by atoms with Gasteiger partial charge in [0.2, 0.25) is 5.91 Å². The molecule has 1 aliphatic rings. The lowest BCUT2D eigenvalue weighted by Gasteiger charge is -2.29. The van der Waals surface area contributed by atoms with Crippen LogP contribution in [0.1, 0.15) is 24.2 Å². The molecule has 118 valence electrons. The van der Waals surface area contributed by atoms with Crippen molar-refractivity contribution in [3.63, 3.8) is 0 Å². The minimum absolute atomic E-state index is 0.0745. The van der Waals surface area contributed by atoms with E-state index in [-0.39, 0.29) is 11.9 Å². The van der Waals surface area contributed by atoms with Gasteiger partial charge in [-0.2, -0.15) is 5.10 Å². The number of aromatic amines is 1. The Morgan fingerprint density at radius 2 is 2.30 bits per heavy atom. The second kappa shape index (κ2) is 5.49. The zero-order valence-electron chi connectivity index (χ0n) is 12.7. The number of benzene rings is 1. The Balaban J connectivity index is 1.65. The van der Waals surface area contributed by atoms with Crippen molar-refractivity contribution >= 4 is 32.7 Å². The maximum atomic E-state index is 12.7. The summed E-state index contributed by atoms with van der Waals surface area (Å²) in [5.41, 5.74) is 3.55. The van der Waals surface area contributed by atoms with Gasteiger partial charge in [0.05, 0.1) is 5.52 Å². The number of rotatable bonds is 2. The molecule has 1 amide bonds. The topological polar surface area (TPSA) is 66.8 Å². The number of carbonyl (C=O) groups excluding carboxylic acids is 1. The molecule has 1 atom stereocenters. The van der Waals surface area contributed by atoms with Gasteiger partial charge in [-0.15, -0.1) is 0 Å². The Kier molecular flexibility index (Phi) is 3.45. The number of aromatic nitrogens is 4. The molecule has 7 heteroatoms. The number of fused-ring (bicyclic) bond motifs is 3. The molecule has 0 spiro atoms. The first kappa shape index (κ1) is 14.4. The maximum Gasteiger partial charge on any atom is 0.247 e. The number of halogens is 1. The van der Waals surface area contributed by atoms with Crippen LogP contribution < -0.4 is 0 Å². The van der Waals surface area contributed by atoms with Crippen LogP contribution in [0.25, 0.3) is 10.9 Å². The summed E-state index contributed by atoms with van der Waals surface area (Å²) in [5.74, 6) is 0.0745. The fraction of sp³-hybridized carbons (Fsp3) is 0.312. The van der Waals surface area contributed by atoms with E-state index in [1.54, 1.807) is 11.0 Å². The van der Waals surface area contributed by atoms with E-state index in [1.165, 1.54) is 23.0 Å². The van der Waals surface area contributed by atoms with E-state index in [1.807, 2.05) is 24.0 Å². The summed E-state index contributed by atoms with van der Waals surface area (Å²) < 4.78 is 2.65. The zero-order valence-corrected chi connectivity index (χ0v) is 14.2. The molecule has 3 aromatic rings. The lowest BCUT2D eigenvalue weighted by molar-refractivity contribution is -0.135. The van der Waals surface area contributed by atoms with E-state index in [9.17, 15) is 4.79 Å². The second-order valence-electron chi connectivity index (χ2n) is 5.81. The van der Waals surface area contributed by atoms with Gasteiger partial charge in [0.15, 0.2) is 0 Å². The number of hydrogen-bond acceptors (Lipinski definition) is 3. The van der Waals surface area contributed by atoms with Gasteiger partial charge in [-0.05, 0) is 28.9 Å². The quantitative estimate of drug-likeness (QED) is 0.750. The molecular formula is C16H16BrN5O. The van der Waals surface area contributed by atoms with E-state index in [2.05, 4.69) is 37.1 Å². The third kappa shape index (κ3) is 2.35. The first-order chi connectivity index (χ1) is 11.1. The summed E-state index contributed by atoms with van der Waals surface area (Å²) in [5, 5.41) is 5.25. The van der Waals surface area contributed by atoms with Crippen LogP contribution in [0.3, 0.4) is 0 Å². The lowest BCUT2D eigenvalue weighted by Crippen LogP contribution is -2.39. The first-order valence-corrected chi connectivity index (χ1v) is 8.35. The monoisotopic (exact) mass is 373 g/mol. The van der Waals surface area contributed by atoms with Gasteiger partial charge >= 0.3 is 0 Å². The Morgan fingerprint density at radius 1 is 1.43 bits per heavy atom. The molecule has 0 saturated carbocycles. The van der Waals surface area contributed by atoms with Crippen LogP contribution in [-0.4, -0.2) is 37.1 Å². The highest BCUT2D eigenvalue weighted by Crippen LogP contribution is 2.32. The van der Waals surface area contributed by atoms with Crippen molar-refractivity contribution in [2.45, 2.75) is 25.9 Å². The Labute approximate surface area is 141 Å². The van der Waals surface area contributed by atoms with Gasteiger partial charge in [0.25, 0.3) is 0 Å². The minimum atomic E-state index is -0.337. The average molecular weight is 374 g/mol. The summed E-state index contributed by atoms with van der Waals surface area (Å²) in [6.07, 6.45) is 3.88. The second-order valence-corrected chi connectivity index (χ2v) is 6.66. The van der Waals surface area contributed by atoms with Crippen LogP contribution >= 0.6 is 15.9 Å². The highest BCUT2D eigenvalue weighted by molar-refractivity contribution is 9.10. The summed E-state index contributed by atoms with van der Waals surface area (Å²) in [4.78, 5) is 22.1. The van der Waals surface area contributed by atoms with Crippen LogP contribution in [0.5, 0.6) is 0 Å². The molecule has 0 radical (unpaired) electrons. The molecule has 0 aliphatic carbocycles. The van der Waals surface area contributed by atoms with Crippen LogP contribution in [0, 0.1) is 0 Å². The largest absolute Gasteiger partial charge is 0.357 e. The van der Waals surface area contributed by atoms with Crippen molar-refractivity contribution in [2.75, 3.05) is 6.54 Å². The van der Waals surface area contributed by atoms with Gasteiger partial charge in [-0.25, -0.2) is 9.67 Å². The molecule has 1 N–H and O–H groups in total. The number of amides is 1. The summed E-state index contributed by atoms with van der Waals surface area (Å²) in [7, 11) is 0. The molecule has 1 aliphatic heterocycles. The molecule has 23 heavy (non-hydrogen) atoms. The van der Waals surface area contributed by atoms with Gasteiger partial charge < -0.3 is 9.88 Å². The number of nitrogens with one attached hydrogen (secondary N) is 1. The summed E-state index contributed by atoms with van der Waals surface area (Å²) in [6.45, 7) is 3.21. The minimum Gasteiger partial charge on any atom is -0.357 e. The van der Waals surface area contributed by atoms with E-state index in [0.717, 1.165) is 23.0 Å². The van der Waals surface area contributed by atoms with E-state index < -0.39 is 0 Å². The predicted octanol–water partition coefficient (Wildman–Crippen LogP) is 2.67. The molecule has 0 fully saturated rings. The Bertz CT molecular complexity index is 870. The molecule has 6 nitrogen and oxygen atoms in total. The van der Waals surface area contributed by atoms with Crippen molar-refractivity contribution in [3.05, 3.63) is 46.6 Å².